The molecule has 0 saturated carbocycles. The molecule has 722 valence electrons. The van der Waals surface area contributed by atoms with Crippen LogP contribution in [0.2, 0.25) is 0 Å². The highest BCUT2D eigenvalue weighted by molar-refractivity contribution is 5.77. The van der Waals surface area contributed by atoms with Gasteiger partial charge in [0.2, 0.25) is 17.7 Å². The molecule has 6 fully saturated rings. The summed E-state index contributed by atoms with van der Waals surface area (Å²) in [5.74, 6) is -7.43. The van der Waals surface area contributed by atoms with Crippen molar-refractivity contribution >= 4 is 23.7 Å². The molecule has 6 aliphatic rings. The fourth-order valence-electron chi connectivity index (χ4n) is 16.6. The van der Waals surface area contributed by atoms with Gasteiger partial charge in [-0.2, -0.15) is 0 Å². The predicted molar refractivity (Wildman–Crippen MR) is 439 cm³/mol. The molecule has 6 aliphatic heterocycles. The van der Waals surface area contributed by atoms with Crippen molar-refractivity contribution in [2.45, 2.75) is 441 Å². The van der Waals surface area contributed by atoms with E-state index in [0.29, 0.717) is 12.8 Å². The Hall–Kier alpha value is -3.88. The predicted octanol–water partition coefficient (Wildman–Crippen LogP) is -1.10. The van der Waals surface area contributed by atoms with Gasteiger partial charge < -0.3 is 175 Å². The number of carboxylic acids is 1. The number of hydrogen-bond acceptors (Lipinski definition) is 35. The van der Waals surface area contributed by atoms with E-state index in [0.717, 1.165) is 78.1 Å². The van der Waals surface area contributed by atoms with Gasteiger partial charge in [-0.15, -0.1) is 0 Å². The van der Waals surface area contributed by atoms with Gasteiger partial charge in [-0.1, -0.05) is 192 Å². The summed E-state index contributed by atoms with van der Waals surface area (Å²) in [5, 5.41) is 231. The Morgan fingerprint density at radius 2 is 0.790 bits per heavy atom. The summed E-state index contributed by atoms with van der Waals surface area (Å²) in [6.07, 6.45) is -16.9. The van der Waals surface area contributed by atoms with Crippen LogP contribution in [0.5, 0.6) is 0 Å². The minimum absolute atomic E-state index is 0.158. The molecule has 0 radical (unpaired) electrons. The summed E-state index contributed by atoms with van der Waals surface area (Å²) in [7, 11) is 0. The lowest BCUT2D eigenvalue weighted by atomic mass is 9.88. The van der Waals surface area contributed by atoms with E-state index in [2.05, 4.69) is 41.9 Å². The summed E-state index contributed by atoms with van der Waals surface area (Å²) < 4.78 is 70.5. The second-order valence-corrected chi connectivity index (χ2v) is 33.8. The van der Waals surface area contributed by atoms with E-state index >= 15 is 0 Å². The highest BCUT2D eigenvalue weighted by Crippen LogP contribution is 2.41. The van der Waals surface area contributed by atoms with Gasteiger partial charge in [-0.05, 0) is 44.9 Å². The minimum Gasteiger partial charge on any atom is -0.477 e. The number of hydrogen-bond donors (Lipinski definition) is 23. The summed E-state index contributed by atoms with van der Waals surface area (Å²) in [6.45, 7) is -0.625. The quantitative estimate of drug-likeness (QED) is 0.0254. The third kappa shape index (κ3) is 33.4. The van der Waals surface area contributed by atoms with Crippen LogP contribution < -0.4 is 16.0 Å². The minimum atomic E-state index is -3.24. The fraction of sp³-hybridized carbons (Fsp3) is 0.906. The maximum Gasteiger partial charge on any atom is 0.364 e. The van der Waals surface area contributed by atoms with Crippen LogP contribution in [0.15, 0.2) is 24.3 Å². The average molecular weight is 1790 g/mol. The summed E-state index contributed by atoms with van der Waals surface area (Å²) in [6, 6.07) is -4.67. The molecule has 39 nitrogen and oxygen atoms in total. The Morgan fingerprint density at radius 1 is 0.419 bits per heavy atom. The van der Waals surface area contributed by atoms with Crippen LogP contribution >= 0.6 is 0 Å². The van der Waals surface area contributed by atoms with Gasteiger partial charge in [0.25, 0.3) is 5.79 Å². The van der Waals surface area contributed by atoms with Crippen molar-refractivity contribution in [2.75, 3.05) is 46.2 Å². The van der Waals surface area contributed by atoms with E-state index < -0.39 is 272 Å². The Morgan fingerprint density at radius 3 is 1.22 bits per heavy atom. The van der Waals surface area contributed by atoms with Crippen LogP contribution in [0.4, 0.5) is 0 Å². The normalized spacial score (nSPS) is 35.3. The van der Waals surface area contributed by atoms with Crippen molar-refractivity contribution in [1.29, 1.82) is 0 Å². The second kappa shape index (κ2) is 58.1. The number of carboxylic acid groups (broad SMARTS) is 1. The number of ether oxygens (including phenoxy) is 12. The van der Waals surface area contributed by atoms with Crippen LogP contribution in [0.3, 0.4) is 0 Å². The van der Waals surface area contributed by atoms with Gasteiger partial charge in [-0.3, -0.25) is 14.4 Å². The molecule has 3 amide bonds. The number of aliphatic hydroxyl groups is 19. The van der Waals surface area contributed by atoms with E-state index in [1.54, 1.807) is 6.08 Å². The summed E-state index contributed by atoms with van der Waals surface area (Å²) in [5.41, 5.74) is 0. The van der Waals surface area contributed by atoms with Crippen LogP contribution in [0.25, 0.3) is 0 Å². The molecule has 39 heteroatoms. The molecule has 0 spiro atoms. The molecule has 0 aromatic heterocycles. The third-order valence-corrected chi connectivity index (χ3v) is 23.9. The number of aliphatic hydroxyl groups excluding tert-OH is 19. The van der Waals surface area contributed by atoms with E-state index in [9.17, 15) is 121 Å². The second-order valence-electron chi connectivity index (χ2n) is 33.8. The van der Waals surface area contributed by atoms with Gasteiger partial charge in [0.15, 0.2) is 31.5 Å². The fourth-order valence-corrected chi connectivity index (χ4v) is 16.6. The number of nitrogens with one attached hydrogen (secondary N) is 3. The zero-order valence-electron chi connectivity index (χ0n) is 72.5. The highest BCUT2D eigenvalue weighted by Gasteiger charge is 2.62. The van der Waals surface area contributed by atoms with Gasteiger partial charge in [-0.25, -0.2) is 4.79 Å². The maximum absolute atomic E-state index is 13.6. The number of unbranched alkanes of at least 4 members (excludes halogenated alkanes) is 28. The molecule has 33 atom stereocenters. The van der Waals surface area contributed by atoms with Crippen molar-refractivity contribution < 1.29 is 178 Å². The average Bonchev–Trinajstić information content (AvgIpc) is 0.724. The largest absolute Gasteiger partial charge is 0.477 e. The zero-order chi connectivity index (χ0) is 91.0. The standard InChI is InChI=1S/C85H151N3O36/c1-5-7-9-11-13-15-17-19-20-21-22-23-24-25-26-28-30-32-34-36-38-40-60(100)88-51(52(97)39-37-35-33-31-29-27-18-16-14-12-10-8-6-2)48-113-80-69(107)68(106)74(59(47-94)118-80)120-82-70(108)76(64(102)55(43-90)115-82)121-79-62(87-50(4)96)67(105)73(58(46-93)117-79)119-81-71(109)77(65(103)56(44-91)114-81)122-83-72(110)78(66(104)57(45-92)116-83)124-85(84(111)112)41-53(98)61(86-49(3)95)75(123-85)63(101)54(99)42-89/h19-20,37,39,51-59,61-83,89-94,97-99,101-110H,5-18,21-36,38,40-48H2,1-4H3,(H,86,95)(H,87,96)(H,88,100)(H,111,112)/b20-19-,39-37+/t51-,52+,53?,54+,55?,56?,57?,58?,59?,61+,62?,63+,64-,65-,66-,67+,68+,69?,70?,71?,72?,73+,74+,75?,76-,77-,78-,79-,80+,81-,82-,83-,85-/m0/s1. The van der Waals surface area contributed by atoms with Crippen LogP contribution in [0.1, 0.15) is 240 Å². The molecule has 6 rings (SSSR count). The SMILES string of the molecule is CCCCCCCC/C=C\CCCCCCCCCCCCCC(=O)N[C@@H](CO[C@@H]1OC(CO)[C@@H](O[C@@H]2OC(CO)[C@H](O)[C@H](O[C@@H]3OC(CO)[C@@H](O[C@@H]4OC(CO)[C@H](O)[C@H](O[C@@H]5OC(CO)[C@H](O)[C@H](O[C@]6(C(=O)O)CC(O)[C@@H](NC(C)=O)C([C@H](O)[C@H](O)CO)O6)C5O)C4O)[C@H](O)C3NC(C)=O)C2O)[C@H](O)C1O)[C@H](O)/C=C/CCCCCCCCCCCCC. The first-order chi connectivity index (χ1) is 59.5. The third-order valence-electron chi connectivity index (χ3n) is 23.9. The van der Waals surface area contributed by atoms with E-state index in [4.69, 9.17) is 56.8 Å². The molecule has 0 aliphatic carbocycles. The highest BCUT2D eigenvalue weighted by atomic mass is 16.8. The smallest absolute Gasteiger partial charge is 0.364 e. The molecule has 0 bridgehead atoms. The molecular weight excluding hydrogens is 1640 g/mol. The molecule has 0 aromatic carbocycles. The Labute approximate surface area is 727 Å². The van der Waals surface area contributed by atoms with Crippen molar-refractivity contribution in [2.24, 2.45) is 0 Å². The van der Waals surface area contributed by atoms with Crippen molar-refractivity contribution in [3.8, 4) is 0 Å². The number of rotatable bonds is 60. The molecule has 6 heterocycles. The maximum atomic E-state index is 13.6. The molecule has 23 N–H and O–H groups in total. The van der Waals surface area contributed by atoms with Gasteiger partial charge in [0.1, 0.15) is 140 Å². The lowest BCUT2D eigenvalue weighted by Crippen LogP contribution is -2.71. The first-order valence-corrected chi connectivity index (χ1v) is 45.3. The number of amides is 3. The number of aliphatic carboxylic acids is 1. The monoisotopic (exact) mass is 1790 g/mol. The lowest BCUT2D eigenvalue weighted by Gasteiger charge is -2.51. The van der Waals surface area contributed by atoms with Gasteiger partial charge in [0, 0.05) is 26.7 Å². The van der Waals surface area contributed by atoms with Crippen LogP contribution in [-0.2, 0) is 76.0 Å². The number of carbonyl (C=O) groups excluding carboxylic acids is 3. The Balaban J connectivity index is 1.08. The number of carbonyl (C=O) groups is 4. The summed E-state index contributed by atoms with van der Waals surface area (Å²) in [4.78, 5) is 51.9. The first kappa shape index (κ1) is 109. The van der Waals surface area contributed by atoms with E-state index in [-0.39, 0.29) is 12.3 Å². The van der Waals surface area contributed by atoms with Gasteiger partial charge in [0.05, 0.1) is 70.5 Å². The molecular formula is C85H151N3O36. The van der Waals surface area contributed by atoms with Crippen molar-refractivity contribution in [3.63, 3.8) is 0 Å². The van der Waals surface area contributed by atoms with E-state index in [1.807, 2.05) is 6.08 Å². The lowest BCUT2D eigenvalue weighted by molar-refractivity contribution is -0.395. The summed E-state index contributed by atoms with van der Waals surface area (Å²) >= 11 is 0. The van der Waals surface area contributed by atoms with Crippen molar-refractivity contribution in [3.05, 3.63) is 24.3 Å². The zero-order valence-corrected chi connectivity index (χ0v) is 72.5. The Bertz CT molecular complexity index is 3000. The van der Waals surface area contributed by atoms with Crippen LogP contribution in [0, 0.1) is 0 Å². The Kier molecular flexibility index (Phi) is 51.0. The van der Waals surface area contributed by atoms with Crippen molar-refractivity contribution in [1.82, 2.24) is 16.0 Å². The number of allylic oxidation sites excluding steroid dienone is 3. The molecule has 0 aromatic rings. The van der Waals surface area contributed by atoms with Gasteiger partial charge >= 0.3 is 5.97 Å². The first-order valence-electron chi connectivity index (χ1n) is 45.3. The van der Waals surface area contributed by atoms with Crippen LogP contribution in [-0.4, -0.2) is 374 Å². The molecule has 6 saturated heterocycles. The molecule has 12 unspecified atom stereocenters. The van der Waals surface area contributed by atoms with E-state index in [1.165, 1.54) is 122 Å². The topological polar surface area (TPSA) is 620 Å². The molecule has 124 heavy (non-hydrogen) atoms.